The standard InChI is InChI=1S/C20H18FN3O3/c1-13-4-3-5-16(10-13)22-18(25)12-23-8-9-24(20(27)19(23)26)17-11-15(21)7-6-14(17)2/h3-11H,12H2,1-2H3,(H,22,25). The zero-order valence-corrected chi connectivity index (χ0v) is 14.9. The summed E-state index contributed by atoms with van der Waals surface area (Å²) in [5.41, 5.74) is 0.811. The quantitative estimate of drug-likeness (QED) is 0.720. The van der Waals surface area contributed by atoms with E-state index in [1.54, 1.807) is 25.1 Å². The monoisotopic (exact) mass is 367 g/mol. The molecule has 138 valence electrons. The van der Waals surface area contributed by atoms with Crippen molar-refractivity contribution < 1.29 is 9.18 Å². The Hall–Kier alpha value is -3.48. The molecule has 3 aromatic rings. The van der Waals surface area contributed by atoms with E-state index in [4.69, 9.17) is 0 Å². The summed E-state index contributed by atoms with van der Waals surface area (Å²) < 4.78 is 15.6. The molecule has 0 spiro atoms. The number of aryl methyl sites for hydroxylation is 2. The lowest BCUT2D eigenvalue weighted by molar-refractivity contribution is -0.116. The molecule has 0 atom stereocenters. The van der Waals surface area contributed by atoms with Crippen molar-refractivity contribution in [3.05, 3.63) is 92.5 Å². The van der Waals surface area contributed by atoms with Crippen LogP contribution >= 0.6 is 0 Å². The van der Waals surface area contributed by atoms with Crippen LogP contribution < -0.4 is 16.4 Å². The third-order valence-corrected chi connectivity index (χ3v) is 4.10. The van der Waals surface area contributed by atoms with Crippen LogP contribution in [0.25, 0.3) is 5.69 Å². The lowest BCUT2D eigenvalue weighted by atomic mass is 10.2. The molecule has 1 aromatic heterocycles. The Labute approximate surface area is 154 Å². The molecule has 0 aliphatic rings. The van der Waals surface area contributed by atoms with E-state index in [0.29, 0.717) is 11.3 Å². The van der Waals surface area contributed by atoms with Gasteiger partial charge in [0, 0.05) is 18.1 Å². The van der Waals surface area contributed by atoms with Gasteiger partial charge in [-0.25, -0.2) is 4.39 Å². The second kappa shape index (κ2) is 7.41. The molecule has 0 unspecified atom stereocenters. The zero-order chi connectivity index (χ0) is 19.6. The molecule has 27 heavy (non-hydrogen) atoms. The maximum Gasteiger partial charge on any atom is 0.320 e. The number of rotatable bonds is 4. The number of halogens is 1. The topological polar surface area (TPSA) is 73.1 Å². The van der Waals surface area contributed by atoms with Crippen LogP contribution in [0.3, 0.4) is 0 Å². The van der Waals surface area contributed by atoms with Crippen LogP contribution in [0.2, 0.25) is 0 Å². The fourth-order valence-corrected chi connectivity index (χ4v) is 2.74. The predicted molar refractivity (Wildman–Crippen MR) is 101 cm³/mol. The van der Waals surface area contributed by atoms with E-state index in [2.05, 4.69) is 5.32 Å². The normalized spacial score (nSPS) is 10.6. The van der Waals surface area contributed by atoms with Crippen molar-refractivity contribution in [3.8, 4) is 5.69 Å². The van der Waals surface area contributed by atoms with Gasteiger partial charge in [-0.05, 0) is 49.2 Å². The van der Waals surface area contributed by atoms with Gasteiger partial charge in [0.2, 0.25) is 5.91 Å². The Morgan fingerprint density at radius 1 is 1.04 bits per heavy atom. The summed E-state index contributed by atoms with van der Waals surface area (Å²) in [6.45, 7) is 3.31. The molecular formula is C20H18FN3O3. The molecule has 0 bridgehead atoms. The van der Waals surface area contributed by atoms with E-state index in [1.807, 2.05) is 13.0 Å². The minimum atomic E-state index is -0.861. The number of hydrogen-bond donors (Lipinski definition) is 1. The van der Waals surface area contributed by atoms with Gasteiger partial charge in [-0.1, -0.05) is 18.2 Å². The molecule has 0 radical (unpaired) electrons. The van der Waals surface area contributed by atoms with Crippen LogP contribution in [0.15, 0.2) is 64.4 Å². The Morgan fingerprint density at radius 2 is 1.81 bits per heavy atom. The van der Waals surface area contributed by atoms with Gasteiger partial charge in [0.1, 0.15) is 12.4 Å². The van der Waals surface area contributed by atoms with Gasteiger partial charge in [0.15, 0.2) is 0 Å². The van der Waals surface area contributed by atoms with Crippen molar-refractivity contribution >= 4 is 11.6 Å². The Kier molecular flexibility index (Phi) is 5.03. The first kappa shape index (κ1) is 18.3. The molecule has 0 aliphatic carbocycles. The zero-order valence-electron chi connectivity index (χ0n) is 14.9. The van der Waals surface area contributed by atoms with E-state index in [-0.39, 0.29) is 12.2 Å². The number of carbonyl (C=O) groups excluding carboxylic acids is 1. The molecule has 3 rings (SSSR count). The molecule has 0 aliphatic heterocycles. The van der Waals surface area contributed by atoms with Gasteiger partial charge in [-0.3, -0.25) is 23.5 Å². The van der Waals surface area contributed by atoms with Gasteiger partial charge in [0.25, 0.3) is 0 Å². The van der Waals surface area contributed by atoms with Gasteiger partial charge < -0.3 is 5.32 Å². The van der Waals surface area contributed by atoms with Gasteiger partial charge in [-0.15, -0.1) is 0 Å². The van der Waals surface area contributed by atoms with Crippen LogP contribution in [0.1, 0.15) is 11.1 Å². The number of hydrogen-bond acceptors (Lipinski definition) is 3. The second-order valence-electron chi connectivity index (χ2n) is 6.25. The molecule has 0 saturated carbocycles. The molecule has 1 amide bonds. The van der Waals surface area contributed by atoms with Crippen molar-refractivity contribution in [2.75, 3.05) is 5.32 Å². The molecule has 7 heteroatoms. The third kappa shape index (κ3) is 4.03. The SMILES string of the molecule is Cc1cccc(NC(=O)Cn2ccn(-c3cc(F)ccc3C)c(=O)c2=O)c1. The number of anilines is 1. The van der Waals surface area contributed by atoms with Crippen molar-refractivity contribution in [1.29, 1.82) is 0 Å². The van der Waals surface area contributed by atoms with Crippen molar-refractivity contribution in [3.63, 3.8) is 0 Å². The molecule has 0 saturated heterocycles. The fourth-order valence-electron chi connectivity index (χ4n) is 2.74. The third-order valence-electron chi connectivity index (χ3n) is 4.10. The number of carbonyl (C=O) groups is 1. The lowest BCUT2D eigenvalue weighted by Crippen LogP contribution is -2.41. The minimum Gasteiger partial charge on any atom is -0.325 e. The van der Waals surface area contributed by atoms with Crippen LogP contribution in [-0.2, 0) is 11.3 Å². The highest BCUT2D eigenvalue weighted by molar-refractivity contribution is 5.90. The van der Waals surface area contributed by atoms with Crippen LogP contribution in [0.5, 0.6) is 0 Å². The summed E-state index contributed by atoms with van der Waals surface area (Å²) in [6.07, 6.45) is 2.69. The summed E-state index contributed by atoms with van der Waals surface area (Å²) in [7, 11) is 0. The Balaban J connectivity index is 1.87. The average molecular weight is 367 g/mol. The number of benzene rings is 2. The Morgan fingerprint density at radius 3 is 2.56 bits per heavy atom. The molecule has 1 N–H and O–H groups in total. The summed E-state index contributed by atoms with van der Waals surface area (Å²) in [5, 5.41) is 2.68. The summed E-state index contributed by atoms with van der Waals surface area (Å²) in [6, 6.07) is 11.2. The lowest BCUT2D eigenvalue weighted by Gasteiger charge is -2.11. The first-order chi connectivity index (χ1) is 12.8. The maximum atomic E-state index is 13.5. The maximum absolute atomic E-state index is 13.5. The average Bonchev–Trinajstić information content (AvgIpc) is 2.61. The van der Waals surface area contributed by atoms with E-state index < -0.39 is 22.8 Å². The number of aromatic nitrogens is 2. The highest BCUT2D eigenvalue weighted by Gasteiger charge is 2.12. The van der Waals surface area contributed by atoms with Crippen LogP contribution in [-0.4, -0.2) is 15.0 Å². The molecular weight excluding hydrogens is 349 g/mol. The molecule has 0 fully saturated rings. The van der Waals surface area contributed by atoms with E-state index in [0.717, 1.165) is 14.7 Å². The van der Waals surface area contributed by atoms with E-state index in [1.165, 1.54) is 30.6 Å². The Bertz CT molecular complexity index is 1130. The molecule has 1 heterocycles. The van der Waals surface area contributed by atoms with Gasteiger partial charge in [0.05, 0.1) is 5.69 Å². The highest BCUT2D eigenvalue weighted by Crippen LogP contribution is 2.13. The number of nitrogens with one attached hydrogen (secondary N) is 1. The van der Waals surface area contributed by atoms with E-state index in [9.17, 15) is 18.8 Å². The van der Waals surface area contributed by atoms with Crippen molar-refractivity contribution in [2.24, 2.45) is 0 Å². The van der Waals surface area contributed by atoms with Crippen LogP contribution in [0, 0.1) is 19.7 Å². The summed E-state index contributed by atoms with van der Waals surface area (Å²) >= 11 is 0. The summed E-state index contributed by atoms with van der Waals surface area (Å²) in [5.74, 6) is -0.939. The molecule has 2 aromatic carbocycles. The van der Waals surface area contributed by atoms with E-state index >= 15 is 0 Å². The van der Waals surface area contributed by atoms with Crippen molar-refractivity contribution in [1.82, 2.24) is 9.13 Å². The highest BCUT2D eigenvalue weighted by atomic mass is 19.1. The first-order valence-corrected chi connectivity index (χ1v) is 8.30. The van der Waals surface area contributed by atoms with Crippen molar-refractivity contribution in [2.45, 2.75) is 20.4 Å². The summed E-state index contributed by atoms with van der Waals surface area (Å²) in [4.78, 5) is 37.0. The van der Waals surface area contributed by atoms with Gasteiger partial charge >= 0.3 is 11.1 Å². The minimum absolute atomic E-state index is 0.286. The predicted octanol–water partition coefficient (Wildman–Crippen LogP) is 2.39. The van der Waals surface area contributed by atoms with Crippen LogP contribution in [0.4, 0.5) is 10.1 Å². The fraction of sp³-hybridized carbons (Fsp3) is 0.150. The first-order valence-electron chi connectivity index (χ1n) is 8.30. The van der Waals surface area contributed by atoms with Gasteiger partial charge in [-0.2, -0.15) is 0 Å². The number of amides is 1. The smallest absolute Gasteiger partial charge is 0.320 e. The largest absolute Gasteiger partial charge is 0.325 e. The molecule has 6 nitrogen and oxygen atoms in total. The number of nitrogens with zero attached hydrogens (tertiary/aromatic N) is 2. The second-order valence-corrected chi connectivity index (χ2v) is 6.25.